The molecule has 50 heavy (non-hydrogen) atoms. The van der Waals surface area contributed by atoms with Crippen LogP contribution in [-0.4, -0.2) is 3.21 Å². The number of hydrogen-bond acceptors (Lipinski definition) is 0. The Morgan fingerprint density at radius 2 is 0.760 bits per heavy atom. The third-order valence-electron chi connectivity index (χ3n) is 14.5. The molecule has 0 amide bonds. The van der Waals surface area contributed by atoms with E-state index >= 15 is 0 Å². The number of hydrogen-bond donors (Lipinski definition) is 0. The first kappa shape index (κ1) is 39.0. The van der Waals surface area contributed by atoms with E-state index < -0.39 is 21.3 Å². The molecule has 2 unspecified atom stereocenters. The molecule has 0 spiro atoms. The number of allylic oxidation sites excluding steroid dienone is 4. The van der Waals surface area contributed by atoms with Crippen LogP contribution in [-0.2, 0) is 21.3 Å². The molecule has 2 aromatic rings. The molecule has 6 aliphatic rings. The fraction of sp³-hybridized carbons (Fsp3) is 0.638. The topological polar surface area (TPSA) is 0 Å². The van der Waals surface area contributed by atoms with Crippen molar-refractivity contribution in [3.63, 3.8) is 0 Å². The molecule has 0 saturated heterocycles. The molecule has 8 rings (SSSR count). The van der Waals surface area contributed by atoms with Gasteiger partial charge in [-0.1, -0.05) is 0 Å². The minimum Gasteiger partial charge on any atom is -1.00 e. The van der Waals surface area contributed by atoms with Crippen LogP contribution in [0.2, 0.25) is 0 Å². The van der Waals surface area contributed by atoms with Crippen LogP contribution in [0.5, 0.6) is 0 Å². The van der Waals surface area contributed by atoms with Crippen molar-refractivity contribution in [3.05, 3.63) is 82.9 Å². The van der Waals surface area contributed by atoms with E-state index in [9.17, 15) is 0 Å². The molecule has 0 N–H and O–H groups in total. The smallest absolute Gasteiger partial charge is 1.00 e. The largest absolute Gasteiger partial charge is 1.00 e. The molecule has 0 radical (unpaired) electrons. The summed E-state index contributed by atoms with van der Waals surface area (Å²) >= 11 is -2.27. The van der Waals surface area contributed by atoms with Gasteiger partial charge < -0.3 is 24.8 Å². The van der Waals surface area contributed by atoms with Gasteiger partial charge in [0, 0.05) is 0 Å². The first-order valence-electron chi connectivity index (χ1n) is 21.0. The summed E-state index contributed by atoms with van der Waals surface area (Å²) in [5.74, 6) is 5.21. The van der Waals surface area contributed by atoms with Gasteiger partial charge in [0.1, 0.15) is 0 Å². The summed E-state index contributed by atoms with van der Waals surface area (Å²) in [6, 6.07) is 19.8. The van der Waals surface area contributed by atoms with Crippen molar-refractivity contribution >= 4 is 14.4 Å². The standard InChI is InChI=1S/2C22H29.C3H6.2ClH.Zr/c2*1-3-10-18(11-4-1)22(19-12-5-2-6-13-19)21-16-15-17-9-7-8-14-20(17)21;1-3-2;;;/h2*7-9,14-16,18-19,22H,1-6,10-13H2;1-2H3;2*1H;/q;;;;;+2/p-2. The van der Waals surface area contributed by atoms with Crippen LogP contribution in [0.25, 0.3) is 11.1 Å². The second-order valence-electron chi connectivity index (χ2n) is 17.5. The van der Waals surface area contributed by atoms with E-state index in [1.165, 1.54) is 128 Å². The number of halogens is 2. The fourth-order valence-electron chi connectivity index (χ4n) is 12.5. The zero-order valence-electron chi connectivity index (χ0n) is 31.3. The van der Waals surface area contributed by atoms with Crippen LogP contribution in [0.3, 0.4) is 0 Å². The van der Waals surface area contributed by atoms with Gasteiger partial charge in [-0.25, -0.2) is 0 Å². The summed E-state index contributed by atoms with van der Waals surface area (Å²) in [7, 11) is 0. The zero-order chi connectivity index (χ0) is 32.5. The number of benzene rings is 2. The van der Waals surface area contributed by atoms with Gasteiger partial charge in [-0.15, -0.1) is 0 Å². The quantitative estimate of drug-likeness (QED) is 0.258. The van der Waals surface area contributed by atoms with Gasteiger partial charge in [-0.3, -0.25) is 0 Å². The molecule has 6 aliphatic carbocycles. The van der Waals surface area contributed by atoms with E-state index in [-0.39, 0.29) is 24.8 Å². The Bertz CT molecular complexity index is 1360. The molecule has 0 heterocycles. The molecular weight excluding hydrogens is 727 g/mol. The number of fused-ring (bicyclic) bond motifs is 2. The van der Waals surface area contributed by atoms with Crippen molar-refractivity contribution < 1.29 is 46.1 Å². The predicted molar refractivity (Wildman–Crippen MR) is 204 cm³/mol. The maximum atomic E-state index is 2.98. The molecule has 0 bridgehead atoms. The average molecular weight is 791 g/mol. The Kier molecular flexibility index (Phi) is 14.1. The summed E-state index contributed by atoms with van der Waals surface area (Å²) in [5, 5.41) is 0. The summed E-state index contributed by atoms with van der Waals surface area (Å²) in [6.07, 6.45) is 35.3. The van der Waals surface area contributed by atoms with E-state index in [0.717, 1.165) is 35.5 Å². The van der Waals surface area contributed by atoms with Crippen LogP contribution in [0.1, 0.15) is 172 Å². The van der Waals surface area contributed by atoms with Crippen LogP contribution in [0.4, 0.5) is 0 Å². The van der Waals surface area contributed by atoms with Crippen LogP contribution in [0.15, 0.2) is 60.7 Å². The zero-order valence-corrected chi connectivity index (χ0v) is 35.3. The first-order chi connectivity index (χ1) is 23.7. The molecule has 4 saturated carbocycles. The molecule has 3 heteroatoms. The Labute approximate surface area is 326 Å². The van der Waals surface area contributed by atoms with E-state index in [1.807, 2.05) is 14.4 Å². The van der Waals surface area contributed by atoms with Crippen LogP contribution in [0, 0.1) is 35.5 Å². The average Bonchev–Trinajstić information content (AvgIpc) is 3.70. The third kappa shape index (κ3) is 7.88. The van der Waals surface area contributed by atoms with Crippen LogP contribution < -0.4 is 24.8 Å². The Morgan fingerprint density at radius 1 is 0.460 bits per heavy atom. The van der Waals surface area contributed by atoms with Crippen molar-refractivity contribution in [3.8, 4) is 0 Å². The predicted octanol–water partition coefficient (Wildman–Crippen LogP) is 7.66. The Morgan fingerprint density at radius 3 is 1.06 bits per heavy atom. The van der Waals surface area contributed by atoms with Crippen molar-refractivity contribution in [2.24, 2.45) is 35.5 Å². The van der Waals surface area contributed by atoms with Crippen molar-refractivity contribution in [2.75, 3.05) is 0 Å². The molecular formula is C47H64Cl2Zr. The van der Waals surface area contributed by atoms with Gasteiger partial charge in [-0.05, 0) is 0 Å². The van der Waals surface area contributed by atoms with E-state index in [1.54, 1.807) is 22.3 Å². The maximum Gasteiger partial charge on any atom is -1.00 e. The van der Waals surface area contributed by atoms with Crippen molar-refractivity contribution in [1.29, 1.82) is 0 Å². The van der Waals surface area contributed by atoms with Gasteiger partial charge in [0.05, 0.1) is 0 Å². The molecule has 270 valence electrons. The SMILES string of the molecule is C[C](C)=[Zr+2]([CH]1C=C(C(C2CCCCC2)C2CCCCC2)c2ccccc21)[CH]1C=C(C(C2CCCCC2)C2CCCCC2)c2ccccc21.[Cl-].[Cl-]. The third-order valence-corrected chi connectivity index (χ3v) is 23.0. The van der Waals surface area contributed by atoms with Gasteiger partial charge in [0.2, 0.25) is 0 Å². The van der Waals surface area contributed by atoms with Gasteiger partial charge in [-0.2, -0.15) is 0 Å². The monoisotopic (exact) mass is 788 g/mol. The molecule has 0 aromatic heterocycles. The summed E-state index contributed by atoms with van der Waals surface area (Å²) in [6.45, 7) is 5.13. The van der Waals surface area contributed by atoms with Gasteiger partial charge in [0.25, 0.3) is 0 Å². The fourth-order valence-corrected chi connectivity index (χ4v) is 21.1. The minimum absolute atomic E-state index is 0. The Balaban J connectivity index is 0.00000216. The van der Waals surface area contributed by atoms with Crippen molar-refractivity contribution in [1.82, 2.24) is 0 Å². The Hall–Kier alpha value is -0.747. The van der Waals surface area contributed by atoms with Crippen LogP contribution >= 0.6 is 0 Å². The van der Waals surface area contributed by atoms with E-state index in [4.69, 9.17) is 0 Å². The molecule has 4 fully saturated rings. The number of rotatable bonds is 8. The molecule has 0 nitrogen and oxygen atoms in total. The van der Waals surface area contributed by atoms with E-state index in [2.05, 4.69) is 74.5 Å². The summed E-state index contributed by atoms with van der Waals surface area (Å²) in [4.78, 5) is 0. The van der Waals surface area contributed by atoms with Gasteiger partial charge >= 0.3 is 304 Å². The first-order valence-corrected chi connectivity index (χ1v) is 25.0. The van der Waals surface area contributed by atoms with E-state index in [0.29, 0.717) is 7.25 Å². The molecule has 2 aromatic carbocycles. The van der Waals surface area contributed by atoms with Gasteiger partial charge in [0.15, 0.2) is 0 Å². The summed E-state index contributed by atoms with van der Waals surface area (Å²) < 4.78 is 3.18. The molecule has 0 aliphatic heterocycles. The summed E-state index contributed by atoms with van der Waals surface area (Å²) in [5.41, 5.74) is 10.5. The second kappa shape index (κ2) is 18.1. The van der Waals surface area contributed by atoms with Crippen molar-refractivity contribution in [2.45, 2.75) is 150 Å². The molecule has 2 atom stereocenters. The minimum atomic E-state index is -2.27. The normalized spacial score (nSPS) is 24.8. The maximum absolute atomic E-state index is 2.98. The second-order valence-corrected chi connectivity index (χ2v) is 25.2.